The first-order chi connectivity index (χ1) is 7.63. The number of methoxy groups -OCH3 is 1. The van der Waals surface area contributed by atoms with Crippen molar-refractivity contribution in [1.29, 1.82) is 0 Å². The van der Waals surface area contributed by atoms with Crippen LogP contribution in [0.3, 0.4) is 0 Å². The quantitative estimate of drug-likeness (QED) is 0.766. The van der Waals surface area contributed by atoms with E-state index in [2.05, 4.69) is 0 Å². The van der Waals surface area contributed by atoms with E-state index in [1.165, 1.54) is 11.3 Å². The van der Waals surface area contributed by atoms with Gasteiger partial charge in [-0.25, -0.2) is 0 Å². The Morgan fingerprint density at radius 3 is 2.94 bits per heavy atom. The number of thiophene rings is 1. The van der Waals surface area contributed by atoms with Crippen molar-refractivity contribution in [3.05, 3.63) is 21.3 Å². The van der Waals surface area contributed by atoms with Crippen molar-refractivity contribution in [3.8, 4) is 0 Å². The van der Waals surface area contributed by atoms with Gasteiger partial charge >= 0.3 is 0 Å². The summed E-state index contributed by atoms with van der Waals surface area (Å²) >= 11 is 7.21. The third-order valence-electron chi connectivity index (χ3n) is 2.25. The highest BCUT2D eigenvalue weighted by Gasteiger charge is 2.14. The van der Waals surface area contributed by atoms with Crippen molar-refractivity contribution in [2.75, 3.05) is 13.7 Å². The third-order valence-corrected chi connectivity index (χ3v) is 3.49. The summed E-state index contributed by atoms with van der Waals surface area (Å²) in [6.45, 7) is 0.645. The zero-order valence-electron chi connectivity index (χ0n) is 9.24. The van der Waals surface area contributed by atoms with Crippen molar-refractivity contribution in [3.63, 3.8) is 0 Å². The molecule has 1 unspecified atom stereocenters. The van der Waals surface area contributed by atoms with Gasteiger partial charge in [0.05, 0.1) is 10.4 Å². The maximum atomic E-state index is 11.7. The van der Waals surface area contributed by atoms with Crippen LogP contribution in [-0.2, 0) is 16.0 Å². The molecule has 0 aliphatic rings. The summed E-state index contributed by atoms with van der Waals surface area (Å²) in [6.07, 6.45) is 1.87. The molecular weight excluding hydrogens is 246 g/mol. The molecule has 1 aromatic heterocycles. The number of hydrogen-bond donors (Lipinski definition) is 1. The average Bonchev–Trinajstić information content (AvgIpc) is 2.64. The van der Waals surface area contributed by atoms with Gasteiger partial charge in [-0.3, -0.25) is 4.79 Å². The summed E-state index contributed by atoms with van der Waals surface area (Å²) in [4.78, 5) is 12.7. The minimum atomic E-state index is -0.393. The number of rotatable bonds is 7. The molecule has 1 aromatic rings. The molecule has 3 nitrogen and oxygen atoms in total. The number of halogens is 1. The minimum absolute atomic E-state index is 0.0645. The number of nitrogens with two attached hydrogens (primary N) is 1. The van der Waals surface area contributed by atoms with Crippen LogP contribution in [0.2, 0.25) is 4.34 Å². The lowest BCUT2D eigenvalue weighted by Crippen LogP contribution is -2.31. The molecule has 5 heteroatoms. The van der Waals surface area contributed by atoms with Gasteiger partial charge in [0, 0.05) is 25.0 Å². The second kappa shape index (κ2) is 7.01. The van der Waals surface area contributed by atoms with E-state index >= 15 is 0 Å². The van der Waals surface area contributed by atoms with E-state index in [0.29, 0.717) is 23.8 Å². The Balaban J connectivity index is 2.34. The number of ketones is 1. The smallest absolute Gasteiger partial charge is 0.154 e. The predicted molar refractivity (Wildman–Crippen MR) is 67.1 cm³/mol. The fourth-order valence-electron chi connectivity index (χ4n) is 1.36. The number of ether oxygens (including phenoxy) is 1. The van der Waals surface area contributed by atoms with E-state index in [-0.39, 0.29) is 5.78 Å². The van der Waals surface area contributed by atoms with Crippen LogP contribution in [0, 0.1) is 0 Å². The molecule has 0 amide bonds. The zero-order valence-corrected chi connectivity index (χ0v) is 10.8. The lowest BCUT2D eigenvalue weighted by atomic mass is 10.1. The summed E-state index contributed by atoms with van der Waals surface area (Å²) < 4.78 is 5.62. The van der Waals surface area contributed by atoms with Gasteiger partial charge in [0.1, 0.15) is 0 Å². The van der Waals surface area contributed by atoms with E-state index < -0.39 is 6.04 Å². The van der Waals surface area contributed by atoms with Gasteiger partial charge in [-0.1, -0.05) is 11.6 Å². The van der Waals surface area contributed by atoms with Crippen LogP contribution in [-0.4, -0.2) is 25.5 Å². The van der Waals surface area contributed by atoms with Gasteiger partial charge in [0.2, 0.25) is 0 Å². The third kappa shape index (κ3) is 4.61. The van der Waals surface area contributed by atoms with Crippen LogP contribution in [0.15, 0.2) is 12.1 Å². The number of Topliss-reactive ketones (excluding diaryl/α,β-unsaturated/α-hetero) is 1. The second-order valence-electron chi connectivity index (χ2n) is 3.59. The number of carbonyl (C=O) groups excluding carboxylic acids is 1. The highest BCUT2D eigenvalue weighted by atomic mass is 35.5. The molecule has 0 radical (unpaired) electrons. The molecule has 0 saturated carbocycles. The monoisotopic (exact) mass is 261 g/mol. The Morgan fingerprint density at radius 1 is 1.62 bits per heavy atom. The van der Waals surface area contributed by atoms with Crippen LogP contribution < -0.4 is 5.73 Å². The molecule has 2 N–H and O–H groups in total. The summed E-state index contributed by atoms with van der Waals surface area (Å²) in [5, 5.41) is 0. The highest BCUT2D eigenvalue weighted by molar-refractivity contribution is 7.16. The fraction of sp³-hybridized carbons (Fsp3) is 0.545. The second-order valence-corrected chi connectivity index (χ2v) is 5.39. The van der Waals surface area contributed by atoms with E-state index in [9.17, 15) is 4.79 Å². The molecule has 1 rings (SSSR count). The standard InChI is InChI=1S/C11H16ClNO2S/c1-15-6-2-3-9(13)10(14)7-8-4-5-11(12)16-8/h4-5,9H,2-3,6-7,13H2,1H3. The molecule has 0 aromatic carbocycles. The maximum absolute atomic E-state index is 11.7. The lowest BCUT2D eigenvalue weighted by Gasteiger charge is -2.09. The summed E-state index contributed by atoms with van der Waals surface area (Å²) in [7, 11) is 1.64. The lowest BCUT2D eigenvalue weighted by molar-refractivity contribution is -0.119. The largest absolute Gasteiger partial charge is 0.385 e. The molecule has 0 spiro atoms. The highest BCUT2D eigenvalue weighted by Crippen LogP contribution is 2.22. The number of carbonyl (C=O) groups is 1. The Morgan fingerprint density at radius 2 is 2.38 bits per heavy atom. The van der Waals surface area contributed by atoms with Gasteiger partial charge in [-0.2, -0.15) is 0 Å². The molecular formula is C11H16ClNO2S. The van der Waals surface area contributed by atoms with E-state index in [4.69, 9.17) is 22.1 Å². The molecule has 0 aliphatic heterocycles. The van der Waals surface area contributed by atoms with Crippen LogP contribution in [0.1, 0.15) is 17.7 Å². The Kier molecular flexibility index (Phi) is 5.98. The van der Waals surface area contributed by atoms with Crippen LogP contribution >= 0.6 is 22.9 Å². The van der Waals surface area contributed by atoms with Crippen LogP contribution in [0.25, 0.3) is 0 Å². The molecule has 1 heterocycles. The van der Waals surface area contributed by atoms with E-state index in [1.807, 2.05) is 6.07 Å². The van der Waals surface area contributed by atoms with Crippen molar-refractivity contribution < 1.29 is 9.53 Å². The molecule has 0 fully saturated rings. The van der Waals surface area contributed by atoms with Crippen molar-refractivity contribution in [2.24, 2.45) is 5.73 Å². The van der Waals surface area contributed by atoms with Gasteiger partial charge in [0.15, 0.2) is 5.78 Å². The summed E-state index contributed by atoms with van der Waals surface area (Å²) in [6, 6.07) is 3.27. The molecule has 16 heavy (non-hydrogen) atoms. The topological polar surface area (TPSA) is 52.3 Å². The van der Waals surface area contributed by atoms with Gasteiger partial charge in [-0.15, -0.1) is 11.3 Å². The van der Waals surface area contributed by atoms with Crippen LogP contribution in [0.5, 0.6) is 0 Å². The van der Waals surface area contributed by atoms with Crippen molar-refractivity contribution in [1.82, 2.24) is 0 Å². The molecule has 90 valence electrons. The first-order valence-electron chi connectivity index (χ1n) is 5.15. The minimum Gasteiger partial charge on any atom is -0.385 e. The Bertz CT molecular complexity index is 340. The van der Waals surface area contributed by atoms with Crippen molar-refractivity contribution in [2.45, 2.75) is 25.3 Å². The normalized spacial score (nSPS) is 12.7. The first-order valence-corrected chi connectivity index (χ1v) is 6.34. The maximum Gasteiger partial charge on any atom is 0.154 e. The van der Waals surface area contributed by atoms with E-state index in [0.717, 1.165) is 11.3 Å². The molecule has 0 saturated heterocycles. The predicted octanol–water partition coefficient (Wildman–Crippen LogP) is 2.27. The Hall–Kier alpha value is -0.420. The molecule has 0 aliphatic carbocycles. The van der Waals surface area contributed by atoms with Gasteiger partial charge in [0.25, 0.3) is 0 Å². The number of hydrogen-bond acceptors (Lipinski definition) is 4. The van der Waals surface area contributed by atoms with Gasteiger partial charge < -0.3 is 10.5 Å². The fourth-order valence-corrected chi connectivity index (χ4v) is 2.46. The Labute approximate surface area is 105 Å². The molecule has 1 atom stereocenters. The zero-order chi connectivity index (χ0) is 12.0. The first kappa shape index (κ1) is 13.6. The van der Waals surface area contributed by atoms with Crippen molar-refractivity contribution >= 4 is 28.7 Å². The van der Waals surface area contributed by atoms with Crippen LogP contribution in [0.4, 0.5) is 0 Å². The summed E-state index contributed by atoms with van der Waals surface area (Å²) in [5.41, 5.74) is 5.78. The van der Waals surface area contributed by atoms with Gasteiger partial charge in [-0.05, 0) is 25.0 Å². The SMILES string of the molecule is COCCCC(N)C(=O)Cc1ccc(Cl)s1. The van der Waals surface area contributed by atoms with E-state index in [1.54, 1.807) is 13.2 Å². The average molecular weight is 262 g/mol. The summed E-state index contributed by atoms with van der Waals surface area (Å²) in [5.74, 6) is 0.0645. The molecule has 0 bridgehead atoms.